The summed E-state index contributed by atoms with van der Waals surface area (Å²) < 4.78 is 41.8. The van der Waals surface area contributed by atoms with E-state index < -0.39 is 12.3 Å². The Hall–Kier alpha value is -1.37. The van der Waals surface area contributed by atoms with Crippen molar-refractivity contribution in [3.8, 4) is 6.01 Å². The fourth-order valence-corrected chi connectivity index (χ4v) is 1.42. The monoisotopic (exact) mass is 291 g/mol. The smallest absolute Gasteiger partial charge is 0.425 e. The van der Waals surface area contributed by atoms with Gasteiger partial charge in [-0.05, 0) is 26.3 Å². The van der Waals surface area contributed by atoms with Crippen molar-refractivity contribution in [1.29, 1.82) is 0 Å². The summed E-state index contributed by atoms with van der Waals surface area (Å²) in [5.41, 5.74) is 1.46. The topological polar surface area (TPSA) is 47.0 Å². The second kappa shape index (κ2) is 6.88. The van der Waals surface area contributed by atoms with Crippen LogP contribution in [0.25, 0.3) is 0 Å². The van der Waals surface area contributed by atoms with Gasteiger partial charge in [0.1, 0.15) is 0 Å². The standard InChI is InChI=1S/C13H20F3N3O/c1-8(2)5-17-6-11-7-18-12(19-9(11)3)20-10(4)13(14,15)16/h7-8,10,17H,5-6H2,1-4H3. The molecule has 1 atom stereocenters. The predicted octanol–water partition coefficient (Wildman–Crippen LogP) is 2.86. The number of nitrogens with one attached hydrogen (secondary N) is 1. The van der Waals surface area contributed by atoms with Crippen LogP contribution >= 0.6 is 0 Å². The molecule has 7 heteroatoms. The van der Waals surface area contributed by atoms with Crippen LogP contribution in [0.2, 0.25) is 0 Å². The Bertz CT molecular complexity index is 435. The van der Waals surface area contributed by atoms with E-state index in [4.69, 9.17) is 0 Å². The third-order valence-corrected chi connectivity index (χ3v) is 2.67. The fourth-order valence-electron chi connectivity index (χ4n) is 1.42. The molecule has 20 heavy (non-hydrogen) atoms. The molecule has 0 amide bonds. The predicted molar refractivity (Wildman–Crippen MR) is 69.5 cm³/mol. The van der Waals surface area contributed by atoms with E-state index >= 15 is 0 Å². The summed E-state index contributed by atoms with van der Waals surface area (Å²) in [4.78, 5) is 7.77. The highest BCUT2D eigenvalue weighted by molar-refractivity contribution is 5.17. The molecule has 1 heterocycles. The second-order valence-corrected chi connectivity index (χ2v) is 5.09. The summed E-state index contributed by atoms with van der Waals surface area (Å²) in [5, 5.41) is 3.23. The van der Waals surface area contributed by atoms with Gasteiger partial charge in [0.15, 0.2) is 6.10 Å². The first kappa shape index (κ1) is 16.7. The molecule has 0 aliphatic rings. The van der Waals surface area contributed by atoms with Gasteiger partial charge in [0.05, 0.1) is 0 Å². The minimum atomic E-state index is -4.42. The molecule has 0 saturated carbocycles. The molecule has 1 rings (SSSR count). The Labute approximate surface area is 116 Å². The summed E-state index contributed by atoms with van der Waals surface area (Å²) in [5.74, 6) is 0.520. The number of hydrogen-bond acceptors (Lipinski definition) is 4. The molecule has 0 fully saturated rings. The van der Waals surface area contributed by atoms with Crippen LogP contribution in [0, 0.1) is 12.8 Å². The maximum absolute atomic E-state index is 12.4. The van der Waals surface area contributed by atoms with Crippen molar-refractivity contribution < 1.29 is 17.9 Å². The number of aromatic nitrogens is 2. The number of aryl methyl sites for hydroxylation is 1. The average molecular weight is 291 g/mol. The lowest BCUT2D eigenvalue weighted by Crippen LogP contribution is -2.31. The number of alkyl halides is 3. The third kappa shape index (κ3) is 5.32. The minimum absolute atomic E-state index is 0.250. The van der Waals surface area contributed by atoms with E-state index in [2.05, 4.69) is 33.9 Å². The number of halogens is 3. The fraction of sp³-hybridized carbons (Fsp3) is 0.692. The zero-order chi connectivity index (χ0) is 15.3. The van der Waals surface area contributed by atoms with Crippen molar-refractivity contribution in [2.75, 3.05) is 6.54 Å². The van der Waals surface area contributed by atoms with Gasteiger partial charge in [-0.2, -0.15) is 13.2 Å². The first-order valence-electron chi connectivity index (χ1n) is 6.46. The van der Waals surface area contributed by atoms with Crippen LogP contribution in [-0.4, -0.2) is 28.8 Å². The van der Waals surface area contributed by atoms with E-state index in [1.807, 2.05) is 0 Å². The first-order valence-corrected chi connectivity index (χ1v) is 6.46. The van der Waals surface area contributed by atoms with Gasteiger partial charge in [-0.25, -0.2) is 9.97 Å². The minimum Gasteiger partial charge on any atom is -0.451 e. The van der Waals surface area contributed by atoms with E-state index in [0.717, 1.165) is 19.0 Å². The van der Waals surface area contributed by atoms with Crippen LogP contribution in [0.5, 0.6) is 6.01 Å². The zero-order valence-electron chi connectivity index (χ0n) is 12.1. The van der Waals surface area contributed by atoms with Crippen molar-refractivity contribution in [2.24, 2.45) is 5.92 Å². The Kier molecular flexibility index (Phi) is 5.74. The molecule has 1 unspecified atom stereocenters. The molecule has 1 N–H and O–H groups in total. The molecule has 0 bridgehead atoms. The summed E-state index contributed by atoms with van der Waals surface area (Å²) >= 11 is 0. The third-order valence-electron chi connectivity index (χ3n) is 2.67. The number of hydrogen-bond donors (Lipinski definition) is 1. The van der Waals surface area contributed by atoms with Crippen molar-refractivity contribution in [3.63, 3.8) is 0 Å². The Balaban J connectivity index is 2.63. The van der Waals surface area contributed by atoms with Crippen LogP contribution in [0.4, 0.5) is 13.2 Å². The van der Waals surface area contributed by atoms with E-state index in [0.29, 0.717) is 18.2 Å². The molecular weight excluding hydrogens is 271 g/mol. The Morgan fingerprint density at radius 1 is 1.30 bits per heavy atom. The van der Waals surface area contributed by atoms with E-state index in [9.17, 15) is 13.2 Å². The quantitative estimate of drug-likeness (QED) is 0.875. The molecular formula is C13H20F3N3O. The SMILES string of the molecule is Cc1nc(OC(C)C(F)(F)F)ncc1CNCC(C)C. The highest BCUT2D eigenvalue weighted by atomic mass is 19.4. The summed E-state index contributed by atoms with van der Waals surface area (Å²) in [6, 6.07) is -0.250. The lowest BCUT2D eigenvalue weighted by molar-refractivity contribution is -0.190. The Morgan fingerprint density at radius 2 is 1.95 bits per heavy atom. The highest BCUT2D eigenvalue weighted by Gasteiger charge is 2.38. The zero-order valence-corrected chi connectivity index (χ0v) is 12.1. The maximum Gasteiger partial charge on any atom is 0.425 e. The molecule has 0 aliphatic carbocycles. The summed E-state index contributed by atoms with van der Waals surface area (Å²) in [6.07, 6.45) is -4.85. The normalized spacial score (nSPS) is 13.6. The largest absolute Gasteiger partial charge is 0.451 e. The van der Waals surface area contributed by atoms with Crippen LogP contribution in [0.3, 0.4) is 0 Å². The van der Waals surface area contributed by atoms with Crippen LogP contribution in [0.15, 0.2) is 6.20 Å². The highest BCUT2D eigenvalue weighted by Crippen LogP contribution is 2.23. The molecule has 0 aliphatic heterocycles. The number of ether oxygens (including phenoxy) is 1. The van der Waals surface area contributed by atoms with Gasteiger partial charge in [0.2, 0.25) is 0 Å². The van der Waals surface area contributed by atoms with Gasteiger partial charge in [0, 0.05) is 24.0 Å². The maximum atomic E-state index is 12.4. The van der Waals surface area contributed by atoms with Crippen molar-refractivity contribution in [2.45, 2.75) is 46.5 Å². The van der Waals surface area contributed by atoms with Crippen molar-refractivity contribution in [1.82, 2.24) is 15.3 Å². The van der Waals surface area contributed by atoms with E-state index in [1.165, 1.54) is 6.20 Å². The second-order valence-electron chi connectivity index (χ2n) is 5.09. The van der Waals surface area contributed by atoms with Crippen LogP contribution in [-0.2, 0) is 6.54 Å². The molecule has 114 valence electrons. The summed E-state index contributed by atoms with van der Waals surface area (Å²) in [6.45, 7) is 8.26. The molecule has 0 saturated heterocycles. The molecule has 4 nitrogen and oxygen atoms in total. The van der Waals surface area contributed by atoms with E-state index in [-0.39, 0.29) is 6.01 Å². The molecule has 0 radical (unpaired) electrons. The number of rotatable bonds is 6. The van der Waals surface area contributed by atoms with Gasteiger partial charge in [-0.15, -0.1) is 0 Å². The number of nitrogens with zero attached hydrogens (tertiary/aromatic N) is 2. The van der Waals surface area contributed by atoms with Gasteiger partial charge >= 0.3 is 12.2 Å². The van der Waals surface area contributed by atoms with Gasteiger partial charge in [-0.3, -0.25) is 0 Å². The molecule has 0 aromatic carbocycles. The van der Waals surface area contributed by atoms with E-state index in [1.54, 1.807) is 6.92 Å². The lowest BCUT2D eigenvalue weighted by Gasteiger charge is -2.16. The van der Waals surface area contributed by atoms with Gasteiger partial charge in [-0.1, -0.05) is 13.8 Å². The van der Waals surface area contributed by atoms with Crippen LogP contribution < -0.4 is 10.1 Å². The van der Waals surface area contributed by atoms with Crippen molar-refractivity contribution >= 4 is 0 Å². The average Bonchev–Trinajstić information content (AvgIpc) is 2.30. The van der Waals surface area contributed by atoms with Gasteiger partial charge in [0.25, 0.3) is 0 Å². The first-order chi connectivity index (χ1) is 9.20. The van der Waals surface area contributed by atoms with Crippen LogP contribution in [0.1, 0.15) is 32.0 Å². The van der Waals surface area contributed by atoms with Crippen molar-refractivity contribution in [3.05, 3.63) is 17.5 Å². The van der Waals surface area contributed by atoms with Gasteiger partial charge < -0.3 is 10.1 Å². The molecule has 1 aromatic rings. The summed E-state index contributed by atoms with van der Waals surface area (Å²) in [7, 11) is 0. The lowest BCUT2D eigenvalue weighted by atomic mass is 10.2. The molecule has 1 aromatic heterocycles. The Morgan fingerprint density at radius 3 is 2.45 bits per heavy atom. The molecule has 0 spiro atoms.